The van der Waals surface area contributed by atoms with Crippen molar-refractivity contribution in [3.05, 3.63) is 46.9 Å². The Labute approximate surface area is 224 Å². The Morgan fingerprint density at radius 1 is 1.29 bits per heavy atom. The van der Waals surface area contributed by atoms with Crippen LogP contribution in [0.2, 0.25) is 0 Å². The van der Waals surface area contributed by atoms with E-state index in [1.54, 1.807) is 17.2 Å². The normalized spacial score (nSPS) is 21.0. The molecule has 0 amide bonds. The zero-order valence-corrected chi connectivity index (χ0v) is 23.2. The standard InChI is InChI=1S/C27H37FN6O3S/c1-17(2)20-6-7-23(34-13-19(14-34)16-38(5,36)37)18(3)21(20)12-26(29-4)31-25-8-10-30-27(32-25)33-11-9-22(28)24(35)15-33/h6-8,10,12,17,19,22,24,35H,4,9,11,13-16H2,1-3,5H3,(H,30,31,32)/b26-12+/t22-,24-/m0/s1. The van der Waals surface area contributed by atoms with Crippen LogP contribution in [-0.2, 0) is 9.84 Å². The highest BCUT2D eigenvalue weighted by atomic mass is 32.2. The quantitative estimate of drug-likeness (QED) is 0.462. The summed E-state index contributed by atoms with van der Waals surface area (Å²) in [7, 11) is -3.00. The topological polar surface area (TPSA) is 111 Å². The number of sulfone groups is 1. The van der Waals surface area contributed by atoms with E-state index in [-0.39, 0.29) is 30.6 Å². The zero-order valence-electron chi connectivity index (χ0n) is 22.4. The summed E-state index contributed by atoms with van der Waals surface area (Å²) in [5, 5.41) is 13.1. The average molecular weight is 545 g/mol. The Bertz CT molecular complexity index is 1310. The molecule has 0 radical (unpaired) electrons. The fourth-order valence-corrected chi connectivity index (χ4v) is 6.19. The van der Waals surface area contributed by atoms with Crippen molar-refractivity contribution in [1.82, 2.24) is 9.97 Å². The lowest BCUT2D eigenvalue weighted by Gasteiger charge is -2.42. The Morgan fingerprint density at radius 3 is 2.66 bits per heavy atom. The third-order valence-electron chi connectivity index (χ3n) is 7.11. The summed E-state index contributed by atoms with van der Waals surface area (Å²) in [4.78, 5) is 17.0. The SMILES string of the molecule is C=N/C(=C\c1c(C(C)C)ccc(N2CC(CS(C)(=O)=O)C2)c1C)Nc1ccnc(N2CC[C@H](F)[C@@H](O)C2)n1. The number of benzene rings is 1. The molecule has 38 heavy (non-hydrogen) atoms. The average Bonchev–Trinajstić information content (AvgIpc) is 2.83. The van der Waals surface area contributed by atoms with Crippen LogP contribution in [0, 0.1) is 12.8 Å². The van der Waals surface area contributed by atoms with Crippen molar-refractivity contribution >= 4 is 40.1 Å². The Hall–Kier alpha value is -3.05. The summed E-state index contributed by atoms with van der Waals surface area (Å²) in [6, 6.07) is 5.94. The molecule has 1 aromatic carbocycles. The van der Waals surface area contributed by atoms with Crippen molar-refractivity contribution in [1.29, 1.82) is 0 Å². The molecule has 2 aliphatic rings. The van der Waals surface area contributed by atoms with Crippen LogP contribution in [-0.4, -0.2) is 80.7 Å². The van der Waals surface area contributed by atoms with Crippen LogP contribution in [0.5, 0.6) is 0 Å². The summed E-state index contributed by atoms with van der Waals surface area (Å²) in [5.74, 6) is 2.05. The van der Waals surface area contributed by atoms with E-state index in [1.165, 1.54) is 6.26 Å². The Kier molecular flexibility index (Phi) is 8.37. The maximum atomic E-state index is 13.7. The molecule has 0 bridgehead atoms. The third-order valence-corrected chi connectivity index (χ3v) is 8.19. The summed E-state index contributed by atoms with van der Waals surface area (Å²) in [6.07, 6.45) is 2.78. The number of aliphatic hydroxyl groups excluding tert-OH is 1. The van der Waals surface area contributed by atoms with Crippen molar-refractivity contribution in [3.8, 4) is 0 Å². The molecule has 4 rings (SSSR count). The molecule has 2 aliphatic heterocycles. The fourth-order valence-electron chi connectivity index (χ4n) is 5.12. The van der Waals surface area contributed by atoms with Gasteiger partial charge in [0.15, 0.2) is 0 Å². The van der Waals surface area contributed by atoms with Gasteiger partial charge in [0.2, 0.25) is 5.95 Å². The van der Waals surface area contributed by atoms with Gasteiger partial charge in [-0.05, 0) is 60.9 Å². The van der Waals surface area contributed by atoms with Crippen molar-refractivity contribution in [3.63, 3.8) is 0 Å². The number of piperidine rings is 1. The summed E-state index contributed by atoms with van der Waals surface area (Å²) >= 11 is 0. The molecule has 2 N–H and O–H groups in total. The molecule has 0 saturated carbocycles. The molecule has 3 heterocycles. The second kappa shape index (κ2) is 11.4. The van der Waals surface area contributed by atoms with E-state index in [0.717, 1.165) is 22.4 Å². The lowest BCUT2D eigenvalue weighted by Crippen LogP contribution is -2.49. The number of hydrogen-bond donors (Lipinski definition) is 2. The number of nitrogens with zero attached hydrogens (tertiary/aromatic N) is 5. The van der Waals surface area contributed by atoms with Gasteiger partial charge in [0, 0.05) is 50.2 Å². The molecule has 1 aromatic heterocycles. The van der Waals surface area contributed by atoms with Gasteiger partial charge >= 0.3 is 0 Å². The molecule has 2 saturated heterocycles. The van der Waals surface area contributed by atoms with Gasteiger partial charge in [0.05, 0.1) is 5.75 Å². The maximum Gasteiger partial charge on any atom is 0.227 e. The second-order valence-electron chi connectivity index (χ2n) is 10.6. The number of aliphatic hydroxyl groups is 1. The van der Waals surface area contributed by atoms with E-state index in [2.05, 4.69) is 64.8 Å². The molecular weight excluding hydrogens is 507 g/mol. The minimum Gasteiger partial charge on any atom is -0.388 e. The van der Waals surface area contributed by atoms with Gasteiger partial charge in [-0.15, -0.1) is 0 Å². The highest BCUT2D eigenvalue weighted by Gasteiger charge is 2.31. The number of β-amino-alcohol motifs (C(OH)–C–C–N with tert-alkyl or cyclic N) is 1. The Balaban J connectivity index is 1.57. The highest BCUT2D eigenvalue weighted by molar-refractivity contribution is 7.90. The molecule has 0 spiro atoms. The minimum absolute atomic E-state index is 0.137. The van der Waals surface area contributed by atoms with Gasteiger partial charge in [-0.25, -0.2) is 22.8 Å². The summed E-state index contributed by atoms with van der Waals surface area (Å²) < 4.78 is 37.0. The van der Waals surface area contributed by atoms with Crippen molar-refractivity contribution in [2.24, 2.45) is 10.9 Å². The van der Waals surface area contributed by atoms with Crippen molar-refractivity contribution in [2.45, 2.75) is 45.4 Å². The van der Waals surface area contributed by atoms with Gasteiger partial charge in [-0.2, -0.15) is 4.98 Å². The van der Waals surface area contributed by atoms with E-state index in [4.69, 9.17) is 0 Å². The van der Waals surface area contributed by atoms with Crippen LogP contribution in [0.15, 0.2) is 35.2 Å². The predicted molar refractivity (Wildman–Crippen MR) is 152 cm³/mol. The van der Waals surface area contributed by atoms with Gasteiger partial charge in [-0.3, -0.25) is 0 Å². The van der Waals surface area contributed by atoms with Gasteiger partial charge in [-0.1, -0.05) is 19.9 Å². The molecule has 0 unspecified atom stereocenters. The first-order chi connectivity index (χ1) is 17.9. The third kappa shape index (κ3) is 6.50. The van der Waals surface area contributed by atoms with Gasteiger partial charge < -0.3 is 20.2 Å². The summed E-state index contributed by atoms with van der Waals surface area (Å²) in [6.45, 7) is 12.1. The smallest absolute Gasteiger partial charge is 0.227 e. The number of aliphatic imine (C=N–C) groups is 1. The summed E-state index contributed by atoms with van der Waals surface area (Å²) in [5.41, 5.74) is 4.35. The lowest BCUT2D eigenvalue weighted by molar-refractivity contribution is 0.0640. The van der Waals surface area contributed by atoms with E-state index < -0.39 is 22.1 Å². The number of alkyl halides is 1. The molecular formula is C27H37FN6O3S. The molecule has 9 nitrogen and oxygen atoms in total. The number of hydrogen-bond acceptors (Lipinski definition) is 9. The van der Waals surface area contributed by atoms with E-state index >= 15 is 0 Å². The predicted octanol–water partition coefficient (Wildman–Crippen LogP) is 3.41. The monoisotopic (exact) mass is 544 g/mol. The molecule has 2 aromatic rings. The Morgan fingerprint density at radius 2 is 2.03 bits per heavy atom. The highest BCUT2D eigenvalue weighted by Crippen LogP contribution is 2.35. The molecule has 2 atom stereocenters. The van der Waals surface area contributed by atoms with Crippen LogP contribution in [0.3, 0.4) is 0 Å². The minimum atomic E-state index is -3.00. The maximum absolute atomic E-state index is 13.7. The zero-order chi connectivity index (χ0) is 27.6. The first-order valence-corrected chi connectivity index (χ1v) is 14.9. The van der Waals surface area contributed by atoms with Crippen LogP contribution in [0.4, 0.5) is 21.8 Å². The first-order valence-electron chi connectivity index (χ1n) is 12.9. The second-order valence-corrected chi connectivity index (χ2v) is 12.8. The van der Waals surface area contributed by atoms with Crippen molar-refractivity contribution in [2.75, 3.05) is 53.3 Å². The van der Waals surface area contributed by atoms with Crippen LogP contribution < -0.4 is 15.1 Å². The number of anilines is 3. The molecule has 206 valence electrons. The van der Waals surface area contributed by atoms with E-state index in [1.807, 2.05) is 6.08 Å². The van der Waals surface area contributed by atoms with Gasteiger partial charge in [0.1, 0.15) is 33.8 Å². The van der Waals surface area contributed by atoms with Crippen molar-refractivity contribution < 1.29 is 17.9 Å². The van der Waals surface area contributed by atoms with Crippen LogP contribution >= 0.6 is 0 Å². The van der Waals surface area contributed by atoms with Crippen LogP contribution in [0.1, 0.15) is 42.9 Å². The fraction of sp³-hybridized carbons (Fsp3) is 0.519. The number of aromatic nitrogens is 2. The molecule has 0 aliphatic carbocycles. The van der Waals surface area contributed by atoms with Crippen LogP contribution in [0.25, 0.3) is 6.08 Å². The van der Waals surface area contributed by atoms with Gasteiger partial charge in [0.25, 0.3) is 0 Å². The first kappa shape index (κ1) is 28.0. The number of rotatable bonds is 9. The largest absolute Gasteiger partial charge is 0.388 e. The number of halogens is 1. The van der Waals surface area contributed by atoms with E-state index in [9.17, 15) is 17.9 Å². The number of nitrogens with one attached hydrogen (secondary N) is 1. The lowest BCUT2D eigenvalue weighted by atomic mass is 9.90. The molecule has 11 heteroatoms. The molecule has 2 fully saturated rings. The van der Waals surface area contributed by atoms with E-state index in [0.29, 0.717) is 37.2 Å².